The molecule has 0 bridgehead atoms. The first kappa shape index (κ1) is 9.23. The molecule has 0 saturated carbocycles. The first-order chi connectivity index (χ1) is 4.99. The summed E-state index contributed by atoms with van der Waals surface area (Å²) in [7, 11) is 0. The van der Waals surface area contributed by atoms with Gasteiger partial charge in [-0.15, -0.1) is 11.3 Å². The molecule has 0 aromatic carbocycles. The largest absolute Gasteiger partial charge is 0.325 e. The zero-order chi connectivity index (χ0) is 8.48. The lowest BCUT2D eigenvalue weighted by Crippen LogP contribution is -2.34. The fraction of sp³-hybridized carbons (Fsp3) is 0.500. The molecule has 1 aromatic rings. The maximum Gasteiger partial charge on any atom is 0.0315 e. The van der Waals surface area contributed by atoms with Gasteiger partial charge in [0, 0.05) is 21.3 Å². The van der Waals surface area contributed by atoms with Gasteiger partial charge in [0.25, 0.3) is 0 Å². The van der Waals surface area contributed by atoms with E-state index in [0.29, 0.717) is 0 Å². The van der Waals surface area contributed by atoms with E-state index < -0.39 is 0 Å². The van der Waals surface area contributed by atoms with Crippen LogP contribution in [0.3, 0.4) is 0 Å². The molecule has 1 aromatic heterocycles. The number of hydrogen-bond acceptors (Lipinski definition) is 2. The second kappa shape index (κ2) is 3.25. The minimum atomic E-state index is -0.104. The molecular formula is C8H12BrNS. The van der Waals surface area contributed by atoms with Crippen LogP contribution < -0.4 is 5.73 Å². The Bertz CT molecular complexity index is 236. The first-order valence-corrected chi connectivity index (χ1v) is 5.17. The second-order valence-electron chi connectivity index (χ2n) is 3.36. The summed E-state index contributed by atoms with van der Waals surface area (Å²) in [6.07, 6.45) is 0.936. The molecule has 3 heteroatoms. The summed E-state index contributed by atoms with van der Waals surface area (Å²) in [5.74, 6) is 0. The summed E-state index contributed by atoms with van der Waals surface area (Å²) >= 11 is 5.22. The van der Waals surface area contributed by atoms with Crippen molar-refractivity contribution in [1.82, 2.24) is 0 Å². The number of hydrogen-bond donors (Lipinski definition) is 1. The number of thiophene rings is 1. The highest BCUT2D eigenvalue weighted by molar-refractivity contribution is 9.10. The average Bonchev–Trinajstić information content (AvgIpc) is 2.12. The van der Waals surface area contributed by atoms with Gasteiger partial charge in [-0.25, -0.2) is 0 Å². The molecule has 0 aliphatic carbocycles. The third kappa shape index (κ3) is 2.93. The van der Waals surface area contributed by atoms with Gasteiger partial charge in [-0.1, -0.05) is 0 Å². The third-order valence-electron chi connectivity index (χ3n) is 1.31. The molecule has 0 unspecified atom stereocenters. The van der Waals surface area contributed by atoms with Gasteiger partial charge < -0.3 is 5.73 Å². The van der Waals surface area contributed by atoms with Crippen molar-refractivity contribution < 1.29 is 0 Å². The molecular weight excluding hydrogens is 222 g/mol. The highest BCUT2D eigenvalue weighted by atomic mass is 79.9. The Labute approximate surface area is 79.7 Å². The SMILES string of the molecule is CC(C)(N)Cc1sccc1Br. The van der Waals surface area contributed by atoms with E-state index in [0.717, 1.165) is 6.42 Å². The Morgan fingerprint density at radius 3 is 2.64 bits per heavy atom. The second-order valence-corrected chi connectivity index (χ2v) is 5.21. The molecule has 62 valence electrons. The quantitative estimate of drug-likeness (QED) is 0.836. The molecule has 0 aliphatic heterocycles. The summed E-state index contributed by atoms with van der Waals surface area (Å²) in [5, 5.41) is 2.07. The topological polar surface area (TPSA) is 26.0 Å². The predicted octanol–water partition coefficient (Wildman–Crippen LogP) is 2.79. The first-order valence-electron chi connectivity index (χ1n) is 3.50. The zero-order valence-corrected chi connectivity index (χ0v) is 9.13. The Morgan fingerprint density at radius 2 is 2.27 bits per heavy atom. The van der Waals surface area contributed by atoms with E-state index in [2.05, 4.69) is 27.4 Å². The zero-order valence-electron chi connectivity index (χ0n) is 6.73. The van der Waals surface area contributed by atoms with Crippen molar-refractivity contribution in [2.75, 3.05) is 0 Å². The van der Waals surface area contributed by atoms with Gasteiger partial charge >= 0.3 is 0 Å². The van der Waals surface area contributed by atoms with Crippen LogP contribution in [0.5, 0.6) is 0 Å². The van der Waals surface area contributed by atoms with Gasteiger partial charge in [0.1, 0.15) is 0 Å². The van der Waals surface area contributed by atoms with Crippen LogP contribution in [0, 0.1) is 0 Å². The van der Waals surface area contributed by atoms with Crippen LogP contribution in [0.25, 0.3) is 0 Å². The predicted molar refractivity (Wildman–Crippen MR) is 54.0 cm³/mol. The molecule has 0 amide bonds. The lowest BCUT2D eigenvalue weighted by atomic mass is 10.0. The van der Waals surface area contributed by atoms with Gasteiger partial charge in [-0.2, -0.15) is 0 Å². The molecule has 2 N–H and O–H groups in total. The Balaban J connectivity index is 2.72. The molecule has 0 saturated heterocycles. The Hall–Kier alpha value is 0.140. The Morgan fingerprint density at radius 1 is 1.64 bits per heavy atom. The molecule has 0 fully saturated rings. The lowest BCUT2D eigenvalue weighted by Gasteiger charge is -2.17. The van der Waals surface area contributed by atoms with Crippen LogP contribution >= 0.6 is 27.3 Å². The summed E-state index contributed by atoms with van der Waals surface area (Å²) in [4.78, 5) is 1.33. The van der Waals surface area contributed by atoms with Crippen molar-refractivity contribution >= 4 is 27.3 Å². The monoisotopic (exact) mass is 233 g/mol. The molecule has 1 nitrogen and oxygen atoms in total. The van der Waals surface area contributed by atoms with Gasteiger partial charge in [-0.3, -0.25) is 0 Å². The van der Waals surface area contributed by atoms with Crippen LogP contribution in [-0.2, 0) is 6.42 Å². The van der Waals surface area contributed by atoms with Gasteiger partial charge in [-0.05, 0) is 41.2 Å². The molecule has 0 spiro atoms. The number of nitrogens with two attached hydrogens (primary N) is 1. The molecule has 1 heterocycles. The maximum absolute atomic E-state index is 5.88. The number of halogens is 1. The molecule has 0 radical (unpaired) electrons. The summed E-state index contributed by atoms with van der Waals surface area (Å²) in [6, 6.07) is 2.06. The highest BCUT2D eigenvalue weighted by Crippen LogP contribution is 2.25. The summed E-state index contributed by atoms with van der Waals surface area (Å²) < 4.78 is 1.18. The average molecular weight is 234 g/mol. The lowest BCUT2D eigenvalue weighted by molar-refractivity contribution is 0.520. The fourth-order valence-corrected chi connectivity index (χ4v) is 2.60. The van der Waals surface area contributed by atoms with E-state index in [1.165, 1.54) is 9.35 Å². The molecule has 0 atom stereocenters. The maximum atomic E-state index is 5.88. The minimum Gasteiger partial charge on any atom is -0.325 e. The molecule has 0 aliphatic rings. The van der Waals surface area contributed by atoms with Crippen molar-refractivity contribution in [2.45, 2.75) is 25.8 Å². The fourth-order valence-electron chi connectivity index (χ4n) is 0.865. The van der Waals surface area contributed by atoms with Crippen LogP contribution in [0.1, 0.15) is 18.7 Å². The van der Waals surface area contributed by atoms with E-state index >= 15 is 0 Å². The molecule has 11 heavy (non-hydrogen) atoms. The number of rotatable bonds is 2. The third-order valence-corrected chi connectivity index (χ3v) is 3.23. The van der Waals surface area contributed by atoms with Crippen molar-refractivity contribution in [3.8, 4) is 0 Å². The van der Waals surface area contributed by atoms with Crippen LogP contribution in [0.15, 0.2) is 15.9 Å². The standard InChI is InChI=1S/C8H12BrNS/c1-8(2,10)5-7-6(9)3-4-11-7/h3-4H,5,10H2,1-2H3. The van der Waals surface area contributed by atoms with E-state index in [-0.39, 0.29) is 5.54 Å². The van der Waals surface area contributed by atoms with E-state index in [9.17, 15) is 0 Å². The van der Waals surface area contributed by atoms with E-state index in [1.54, 1.807) is 11.3 Å². The van der Waals surface area contributed by atoms with Crippen LogP contribution in [0.2, 0.25) is 0 Å². The van der Waals surface area contributed by atoms with Crippen molar-refractivity contribution in [2.24, 2.45) is 5.73 Å². The minimum absolute atomic E-state index is 0.104. The smallest absolute Gasteiger partial charge is 0.0315 e. The Kier molecular flexibility index (Phi) is 2.73. The van der Waals surface area contributed by atoms with Gasteiger partial charge in [0.15, 0.2) is 0 Å². The molecule has 1 rings (SSSR count). The summed E-state index contributed by atoms with van der Waals surface area (Å²) in [5.41, 5.74) is 5.78. The van der Waals surface area contributed by atoms with E-state index in [1.807, 2.05) is 13.8 Å². The van der Waals surface area contributed by atoms with Crippen molar-refractivity contribution in [3.05, 3.63) is 20.8 Å². The van der Waals surface area contributed by atoms with Gasteiger partial charge in [0.2, 0.25) is 0 Å². The normalized spacial score (nSPS) is 12.0. The van der Waals surface area contributed by atoms with Crippen molar-refractivity contribution in [3.63, 3.8) is 0 Å². The van der Waals surface area contributed by atoms with Gasteiger partial charge in [0.05, 0.1) is 0 Å². The van der Waals surface area contributed by atoms with E-state index in [4.69, 9.17) is 5.73 Å². The van der Waals surface area contributed by atoms with Crippen molar-refractivity contribution in [1.29, 1.82) is 0 Å². The summed E-state index contributed by atoms with van der Waals surface area (Å²) in [6.45, 7) is 4.08. The van der Waals surface area contributed by atoms with Crippen LogP contribution in [-0.4, -0.2) is 5.54 Å². The highest BCUT2D eigenvalue weighted by Gasteiger charge is 2.14. The van der Waals surface area contributed by atoms with Crippen LogP contribution in [0.4, 0.5) is 0 Å².